The highest BCUT2D eigenvalue weighted by Crippen LogP contribution is 2.24. The quantitative estimate of drug-likeness (QED) is 0.692. The number of rotatable bonds is 4. The van der Waals surface area contributed by atoms with E-state index in [1.54, 1.807) is 16.8 Å². The first kappa shape index (κ1) is 14.3. The van der Waals surface area contributed by atoms with Crippen molar-refractivity contribution in [2.24, 2.45) is 5.92 Å². The molecule has 0 amide bonds. The standard InChI is InChI=1S/C17H17N3O2/c1-12(2)16(22-17(21)13-8-4-3-5-9-13)20-15-11-7-6-10-14(15)18-19-20/h3-12,16H,1-2H3. The van der Waals surface area contributed by atoms with Crippen LogP contribution in [-0.2, 0) is 4.74 Å². The van der Waals surface area contributed by atoms with Gasteiger partial charge in [-0.25, -0.2) is 9.48 Å². The van der Waals surface area contributed by atoms with Gasteiger partial charge in [0, 0.05) is 5.92 Å². The molecular weight excluding hydrogens is 278 g/mol. The fraction of sp³-hybridized carbons (Fsp3) is 0.235. The molecule has 5 nitrogen and oxygen atoms in total. The summed E-state index contributed by atoms with van der Waals surface area (Å²) in [5.74, 6) is -0.295. The van der Waals surface area contributed by atoms with E-state index in [0.29, 0.717) is 5.56 Å². The Morgan fingerprint density at radius 2 is 1.73 bits per heavy atom. The average molecular weight is 295 g/mol. The van der Waals surface area contributed by atoms with Gasteiger partial charge in [0.15, 0.2) is 6.23 Å². The number of esters is 1. The summed E-state index contributed by atoms with van der Waals surface area (Å²) in [7, 11) is 0. The molecule has 0 aliphatic heterocycles. The van der Waals surface area contributed by atoms with E-state index in [1.807, 2.05) is 56.3 Å². The van der Waals surface area contributed by atoms with E-state index in [0.717, 1.165) is 11.0 Å². The number of carbonyl (C=O) groups is 1. The molecule has 0 spiro atoms. The van der Waals surface area contributed by atoms with E-state index in [2.05, 4.69) is 10.3 Å². The monoisotopic (exact) mass is 295 g/mol. The van der Waals surface area contributed by atoms with Gasteiger partial charge in [0.05, 0.1) is 11.1 Å². The summed E-state index contributed by atoms with van der Waals surface area (Å²) in [6.07, 6.45) is -0.500. The lowest BCUT2D eigenvalue weighted by Gasteiger charge is -2.21. The minimum absolute atomic E-state index is 0.0674. The Morgan fingerprint density at radius 3 is 2.45 bits per heavy atom. The number of aromatic nitrogens is 3. The summed E-state index contributed by atoms with van der Waals surface area (Å²) in [4.78, 5) is 12.3. The van der Waals surface area contributed by atoms with Crippen molar-refractivity contribution in [1.29, 1.82) is 0 Å². The van der Waals surface area contributed by atoms with Crippen LogP contribution in [0.2, 0.25) is 0 Å². The summed E-state index contributed by atoms with van der Waals surface area (Å²) >= 11 is 0. The molecule has 2 aromatic carbocycles. The second-order valence-electron chi connectivity index (χ2n) is 5.43. The molecular formula is C17H17N3O2. The number of hydrogen-bond donors (Lipinski definition) is 0. The maximum Gasteiger partial charge on any atom is 0.340 e. The molecule has 0 bridgehead atoms. The lowest BCUT2D eigenvalue weighted by molar-refractivity contribution is -0.0133. The highest BCUT2D eigenvalue weighted by atomic mass is 16.6. The van der Waals surface area contributed by atoms with E-state index in [4.69, 9.17) is 4.74 Å². The minimum atomic E-state index is -0.500. The van der Waals surface area contributed by atoms with Crippen molar-refractivity contribution in [3.8, 4) is 0 Å². The predicted octanol–water partition coefficient (Wildman–Crippen LogP) is 3.44. The van der Waals surface area contributed by atoms with Gasteiger partial charge in [0.1, 0.15) is 5.52 Å². The van der Waals surface area contributed by atoms with E-state index in [9.17, 15) is 4.79 Å². The number of para-hydroxylation sites is 1. The number of ether oxygens (including phenoxy) is 1. The third kappa shape index (κ3) is 2.70. The minimum Gasteiger partial charge on any atom is -0.436 e. The molecule has 3 rings (SSSR count). The van der Waals surface area contributed by atoms with E-state index in [-0.39, 0.29) is 11.9 Å². The van der Waals surface area contributed by atoms with E-state index < -0.39 is 6.23 Å². The highest BCUT2D eigenvalue weighted by molar-refractivity contribution is 5.89. The molecule has 22 heavy (non-hydrogen) atoms. The van der Waals surface area contributed by atoms with Crippen molar-refractivity contribution in [1.82, 2.24) is 15.0 Å². The van der Waals surface area contributed by atoms with Crippen LogP contribution in [0.1, 0.15) is 30.4 Å². The van der Waals surface area contributed by atoms with Gasteiger partial charge in [-0.3, -0.25) is 0 Å². The lowest BCUT2D eigenvalue weighted by atomic mass is 10.1. The van der Waals surface area contributed by atoms with E-state index >= 15 is 0 Å². The molecule has 0 N–H and O–H groups in total. The number of hydrogen-bond acceptors (Lipinski definition) is 4. The Morgan fingerprint density at radius 1 is 1.05 bits per heavy atom. The third-order valence-electron chi connectivity index (χ3n) is 3.43. The van der Waals surface area contributed by atoms with Crippen LogP contribution < -0.4 is 0 Å². The molecule has 0 saturated carbocycles. The Kier molecular flexibility index (Phi) is 3.87. The molecule has 0 aliphatic carbocycles. The van der Waals surface area contributed by atoms with Gasteiger partial charge in [0.25, 0.3) is 0 Å². The largest absolute Gasteiger partial charge is 0.436 e. The van der Waals surface area contributed by atoms with Gasteiger partial charge in [-0.1, -0.05) is 49.4 Å². The molecule has 0 fully saturated rings. The van der Waals surface area contributed by atoms with Crippen molar-refractivity contribution < 1.29 is 9.53 Å². The molecule has 0 radical (unpaired) electrons. The van der Waals surface area contributed by atoms with Crippen molar-refractivity contribution in [3.63, 3.8) is 0 Å². The highest BCUT2D eigenvalue weighted by Gasteiger charge is 2.24. The zero-order chi connectivity index (χ0) is 15.5. The van der Waals surface area contributed by atoms with Crippen LogP contribution in [0.4, 0.5) is 0 Å². The maximum atomic E-state index is 12.3. The van der Waals surface area contributed by atoms with Gasteiger partial charge >= 0.3 is 5.97 Å². The summed E-state index contributed by atoms with van der Waals surface area (Å²) in [6.45, 7) is 3.97. The first-order valence-electron chi connectivity index (χ1n) is 7.23. The van der Waals surface area contributed by atoms with Crippen LogP contribution in [-0.4, -0.2) is 21.0 Å². The van der Waals surface area contributed by atoms with Gasteiger partial charge in [-0.05, 0) is 24.3 Å². The first-order valence-corrected chi connectivity index (χ1v) is 7.23. The third-order valence-corrected chi connectivity index (χ3v) is 3.43. The van der Waals surface area contributed by atoms with Gasteiger partial charge in [-0.15, -0.1) is 5.10 Å². The Hall–Kier alpha value is -2.69. The number of benzene rings is 2. The Labute approximate surface area is 128 Å². The number of carbonyl (C=O) groups excluding carboxylic acids is 1. The topological polar surface area (TPSA) is 57.0 Å². The summed E-state index contributed by atoms with van der Waals surface area (Å²) < 4.78 is 7.34. The zero-order valence-corrected chi connectivity index (χ0v) is 12.5. The number of fused-ring (bicyclic) bond motifs is 1. The second-order valence-corrected chi connectivity index (χ2v) is 5.43. The molecule has 112 valence electrons. The number of nitrogens with zero attached hydrogens (tertiary/aromatic N) is 3. The first-order chi connectivity index (χ1) is 10.7. The van der Waals surface area contributed by atoms with Crippen LogP contribution >= 0.6 is 0 Å². The Balaban J connectivity index is 1.92. The molecule has 1 aromatic heterocycles. The summed E-state index contributed by atoms with van der Waals surface area (Å²) in [5, 5.41) is 8.28. The molecule has 1 heterocycles. The molecule has 0 saturated heterocycles. The van der Waals surface area contributed by atoms with Crippen LogP contribution in [0.3, 0.4) is 0 Å². The average Bonchev–Trinajstić information content (AvgIpc) is 2.96. The summed E-state index contributed by atoms with van der Waals surface area (Å²) in [6, 6.07) is 16.6. The molecule has 1 atom stereocenters. The fourth-order valence-electron chi connectivity index (χ4n) is 2.30. The molecule has 3 aromatic rings. The van der Waals surface area contributed by atoms with Crippen molar-refractivity contribution >= 4 is 17.0 Å². The normalized spacial score (nSPS) is 12.5. The van der Waals surface area contributed by atoms with Crippen molar-refractivity contribution in [2.75, 3.05) is 0 Å². The van der Waals surface area contributed by atoms with Crippen LogP contribution in [0.25, 0.3) is 11.0 Å². The van der Waals surface area contributed by atoms with Crippen LogP contribution in [0.5, 0.6) is 0 Å². The zero-order valence-electron chi connectivity index (χ0n) is 12.5. The van der Waals surface area contributed by atoms with Gasteiger partial charge < -0.3 is 4.74 Å². The predicted molar refractivity (Wildman–Crippen MR) is 83.3 cm³/mol. The van der Waals surface area contributed by atoms with Crippen molar-refractivity contribution in [3.05, 3.63) is 60.2 Å². The SMILES string of the molecule is CC(C)C(OC(=O)c1ccccc1)n1nnc2ccccc21. The van der Waals surface area contributed by atoms with Gasteiger partial charge in [-0.2, -0.15) is 0 Å². The smallest absolute Gasteiger partial charge is 0.340 e. The summed E-state index contributed by atoms with van der Waals surface area (Å²) in [5.41, 5.74) is 2.16. The second kappa shape index (κ2) is 5.97. The maximum absolute atomic E-state index is 12.3. The Bertz CT molecular complexity index is 781. The molecule has 5 heteroatoms. The molecule has 0 aliphatic rings. The van der Waals surface area contributed by atoms with Crippen molar-refractivity contribution in [2.45, 2.75) is 20.1 Å². The van der Waals surface area contributed by atoms with Gasteiger partial charge in [0.2, 0.25) is 0 Å². The molecule has 1 unspecified atom stereocenters. The van der Waals surface area contributed by atoms with Crippen LogP contribution in [0.15, 0.2) is 54.6 Å². The van der Waals surface area contributed by atoms with Crippen LogP contribution in [0, 0.1) is 5.92 Å². The lowest BCUT2D eigenvalue weighted by Crippen LogP contribution is -2.23. The fourth-order valence-corrected chi connectivity index (χ4v) is 2.30. The van der Waals surface area contributed by atoms with E-state index in [1.165, 1.54) is 0 Å².